The van der Waals surface area contributed by atoms with Gasteiger partial charge in [-0.05, 0) is 37.3 Å². The minimum Gasteiger partial charge on any atom is -0.338 e. The number of carbonyl (C=O) groups excluding carboxylic acids is 1. The number of piperidine rings is 1. The lowest BCUT2D eigenvalue weighted by molar-refractivity contribution is -0.134. The van der Waals surface area contributed by atoms with Gasteiger partial charge in [-0.2, -0.15) is 0 Å². The first-order valence-corrected chi connectivity index (χ1v) is 7.74. The van der Waals surface area contributed by atoms with Crippen molar-refractivity contribution in [2.24, 2.45) is 5.73 Å². The van der Waals surface area contributed by atoms with Crippen molar-refractivity contribution >= 4 is 21.8 Å². The number of nitrogens with two attached hydrogens (primary N) is 1. The molecule has 1 aliphatic heterocycles. The van der Waals surface area contributed by atoms with Crippen LogP contribution >= 0.6 is 15.9 Å². The van der Waals surface area contributed by atoms with E-state index in [4.69, 9.17) is 5.73 Å². The van der Waals surface area contributed by atoms with Gasteiger partial charge in [0, 0.05) is 30.0 Å². The first kappa shape index (κ1) is 14.5. The van der Waals surface area contributed by atoms with Gasteiger partial charge in [0.05, 0.1) is 0 Å². The normalized spacial score (nSPS) is 19.5. The van der Waals surface area contributed by atoms with E-state index in [1.165, 1.54) is 12.0 Å². The smallest absolute Gasteiger partial charge is 0.223 e. The van der Waals surface area contributed by atoms with Crippen molar-refractivity contribution in [3.8, 4) is 0 Å². The van der Waals surface area contributed by atoms with Gasteiger partial charge >= 0.3 is 0 Å². The van der Waals surface area contributed by atoms with Crippen LogP contribution < -0.4 is 5.73 Å². The maximum absolute atomic E-state index is 12.3. The van der Waals surface area contributed by atoms with Gasteiger partial charge in [-0.15, -0.1) is 0 Å². The van der Waals surface area contributed by atoms with Crippen LogP contribution in [0.2, 0.25) is 0 Å². The Bertz CT molecular complexity index is 436. The average Bonchev–Trinajstić information content (AvgIpc) is 2.46. The fraction of sp³-hybridized carbons (Fsp3) is 0.533. The molecule has 1 aromatic rings. The summed E-state index contributed by atoms with van der Waals surface area (Å²) >= 11 is 3.52. The molecule has 1 amide bonds. The fourth-order valence-electron chi connectivity index (χ4n) is 2.66. The zero-order valence-corrected chi connectivity index (χ0v) is 12.7. The topological polar surface area (TPSA) is 46.3 Å². The molecular weight excluding hydrogens is 304 g/mol. The number of carbonyl (C=O) groups is 1. The van der Waals surface area contributed by atoms with E-state index in [0.29, 0.717) is 13.0 Å². The van der Waals surface area contributed by atoms with Crippen LogP contribution in [0.3, 0.4) is 0 Å². The molecule has 4 heteroatoms. The Morgan fingerprint density at radius 2 is 2.16 bits per heavy atom. The zero-order valence-electron chi connectivity index (χ0n) is 11.1. The molecule has 1 fully saturated rings. The third-order valence-corrected chi connectivity index (χ3v) is 4.56. The van der Waals surface area contributed by atoms with E-state index in [1.807, 2.05) is 23.1 Å². The van der Waals surface area contributed by atoms with Crippen LogP contribution in [0.5, 0.6) is 0 Å². The minimum absolute atomic E-state index is 0.242. The molecule has 0 aliphatic carbocycles. The quantitative estimate of drug-likeness (QED) is 0.925. The van der Waals surface area contributed by atoms with Crippen LogP contribution in [0.15, 0.2) is 28.7 Å². The number of nitrogens with zero attached hydrogens (tertiary/aromatic N) is 1. The molecule has 19 heavy (non-hydrogen) atoms. The lowest BCUT2D eigenvalue weighted by atomic mass is 10.0. The van der Waals surface area contributed by atoms with E-state index in [0.717, 1.165) is 30.3 Å². The van der Waals surface area contributed by atoms with Gasteiger partial charge in [0.1, 0.15) is 0 Å². The Balaban J connectivity index is 1.92. The van der Waals surface area contributed by atoms with Gasteiger partial charge in [-0.3, -0.25) is 4.79 Å². The van der Waals surface area contributed by atoms with Crippen molar-refractivity contribution in [3.63, 3.8) is 0 Å². The number of halogens is 1. The van der Waals surface area contributed by atoms with E-state index in [-0.39, 0.29) is 11.9 Å². The molecule has 0 bridgehead atoms. The highest BCUT2D eigenvalue weighted by Crippen LogP contribution is 2.20. The van der Waals surface area contributed by atoms with Crippen molar-refractivity contribution in [2.45, 2.75) is 38.1 Å². The SMILES string of the molecule is NCC1CCCCN1C(=O)CCc1ccccc1Br. The summed E-state index contributed by atoms with van der Waals surface area (Å²) in [5, 5.41) is 0. The van der Waals surface area contributed by atoms with Gasteiger partial charge in [0.2, 0.25) is 5.91 Å². The van der Waals surface area contributed by atoms with Crippen LogP contribution in [-0.4, -0.2) is 29.9 Å². The van der Waals surface area contributed by atoms with Crippen molar-refractivity contribution < 1.29 is 4.79 Å². The second kappa shape index (κ2) is 7.06. The number of hydrogen-bond acceptors (Lipinski definition) is 2. The molecule has 2 rings (SSSR count). The summed E-state index contributed by atoms with van der Waals surface area (Å²) in [5.74, 6) is 0.242. The molecule has 1 atom stereocenters. The van der Waals surface area contributed by atoms with Crippen molar-refractivity contribution in [1.29, 1.82) is 0 Å². The Labute approximate surface area is 123 Å². The van der Waals surface area contributed by atoms with E-state index >= 15 is 0 Å². The van der Waals surface area contributed by atoms with Gasteiger partial charge in [0.15, 0.2) is 0 Å². The average molecular weight is 325 g/mol. The first-order chi connectivity index (χ1) is 9.22. The molecule has 0 aromatic heterocycles. The predicted molar refractivity (Wildman–Crippen MR) is 80.9 cm³/mol. The molecule has 1 aromatic carbocycles. The summed E-state index contributed by atoms with van der Waals surface area (Å²) in [5.41, 5.74) is 6.95. The Morgan fingerprint density at radius 3 is 2.89 bits per heavy atom. The molecule has 3 nitrogen and oxygen atoms in total. The summed E-state index contributed by atoms with van der Waals surface area (Å²) < 4.78 is 1.08. The highest BCUT2D eigenvalue weighted by Gasteiger charge is 2.25. The summed E-state index contributed by atoms with van der Waals surface area (Å²) in [7, 11) is 0. The largest absolute Gasteiger partial charge is 0.338 e. The molecule has 104 valence electrons. The molecule has 1 heterocycles. The molecule has 1 saturated heterocycles. The highest BCUT2D eigenvalue weighted by molar-refractivity contribution is 9.10. The molecular formula is C15H21BrN2O. The van der Waals surface area contributed by atoms with Crippen molar-refractivity contribution in [1.82, 2.24) is 4.90 Å². The highest BCUT2D eigenvalue weighted by atomic mass is 79.9. The number of rotatable bonds is 4. The Morgan fingerprint density at radius 1 is 1.37 bits per heavy atom. The van der Waals surface area contributed by atoms with Gasteiger partial charge < -0.3 is 10.6 Å². The number of benzene rings is 1. The number of hydrogen-bond donors (Lipinski definition) is 1. The molecule has 2 N–H and O–H groups in total. The van der Waals surface area contributed by atoms with E-state index < -0.39 is 0 Å². The van der Waals surface area contributed by atoms with E-state index in [9.17, 15) is 4.79 Å². The van der Waals surface area contributed by atoms with Crippen molar-refractivity contribution in [2.75, 3.05) is 13.1 Å². The summed E-state index contributed by atoms with van der Waals surface area (Å²) in [6.45, 7) is 1.46. The maximum atomic E-state index is 12.3. The number of likely N-dealkylation sites (tertiary alicyclic amines) is 1. The first-order valence-electron chi connectivity index (χ1n) is 6.95. The predicted octanol–water partition coefficient (Wildman–Crippen LogP) is 2.72. The monoisotopic (exact) mass is 324 g/mol. The number of amides is 1. The summed E-state index contributed by atoms with van der Waals surface area (Å²) in [6.07, 6.45) is 4.71. The molecule has 0 radical (unpaired) electrons. The van der Waals surface area contributed by atoms with Crippen LogP contribution in [-0.2, 0) is 11.2 Å². The minimum atomic E-state index is 0.242. The van der Waals surface area contributed by atoms with Crippen LogP contribution in [0.4, 0.5) is 0 Å². The third kappa shape index (κ3) is 3.80. The standard InChI is InChI=1S/C15H21BrN2O/c16-14-7-2-1-5-12(14)8-9-15(19)18-10-4-3-6-13(18)11-17/h1-2,5,7,13H,3-4,6,8-11,17H2. The van der Waals surface area contributed by atoms with E-state index in [2.05, 4.69) is 22.0 Å². The molecule has 0 saturated carbocycles. The van der Waals surface area contributed by atoms with Gasteiger partial charge in [0.25, 0.3) is 0 Å². The summed E-state index contributed by atoms with van der Waals surface area (Å²) in [6, 6.07) is 8.33. The van der Waals surface area contributed by atoms with Gasteiger partial charge in [-0.25, -0.2) is 0 Å². The van der Waals surface area contributed by atoms with Gasteiger partial charge in [-0.1, -0.05) is 34.1 Å². The zero-order chi connectivity index (χ0) is 13.7. The second-order valence-corrected chi connectivity index (χ2v) is 5.92. The molecule has 1 aliphatic rings. The second-order valence-electron chi connectivity index (χ2n) is 5.06. The summed E-state index contributed by atoms with van der Waals surface area (Å²) in [4.78, 5) is 14.3. The van der Waals surface area contributed by atoms with E-state index in [1.54, 1.807) is 0 Å². The van der Waals surface area contributed by atoms with Crippen LogP contribution in [0, 0.1) is 0 Å². The Hall–Kier alpha value is -0.870. The third-order valence-electron chi connectivity index (χ3n) is 3.79. The lowest BCUT2D eigenvalue weighted by Gasteiger charge is -2.35. The molecule has 0 spiro atoms. The lowest BCUT2D eigenvalue weighted by Crippen LogP contribution is -2.47. The fourth-order valence-corrected chi connectivity index (χ4v) is 3.14. The Kier molecular flexibility index (Phi) is 5.40. The maximum Gasteiger partial charge on any atom is 0.223 e. The van der Waals surface area contributed by atoms with Crippen molar-refractivity contribution in [3.05, 3.63) is 34.3 Å². The van der Waals surface area contributed by atoms with Crippen LogP contribution in [0.1, 0.15) is 31.2 Å². The number of aryl methyl sites for hydroxylation is 1. The van der Waals surface area contributed by atoms with Crippen LogP contribution in [0.25, 0.3) is 0 Å². The molecule has 1 unspecified atom stereocenters.